The molecule has 8 heteroatoms. The monoisotopic (exact) mass is 392 g/mol. The maximum atomic E-state index is 13.2. The normalized spacial score (nSPS) is 29.6. The van der Waals surface area contributed by atoms with E-state index in [4.69, 9.17) is 0 Å². The van der Waals surface area contributed by atoms with Gasteiger partial charge in [0.1, 0.15) is 6.04 Å². The number of likely N-dealkylation sites (tertiary alicyclic amines) is 1. The van der Waals surface area contributed by atoms with Gasteiger partial charge in [-0.15, -0.1) is 0 Å². The Hall–Kier alpha value is -2.09. The highest BCUT2D eigenvalue weighted by Crippen LogP contribution is 2.40. The lowest BCUT2D eigenvalue weighted by Gasteiger charge is -2.33. The fourth-order valence-electron chi connectivity index (χ4n) is 4.85. The number of aliphatic carboxylic acids is 1. The van der Waals surface area contributed by atoms with Crippen molar-refractivity contribution in [1.29, 1.82) is 0 Å². The van der Waals surface area contributed by atoms with Gasteiger partial charge in [-0.1, -0.05) is 18.9 Å². The van der Waals surface area contributed by atoms with E-state index < -0.39 is 22.0 Å². The summed E-state index contributed by atoms with van der Waals surface area (Å²) in [6, 6.07) is 5.74. The maximum Gasteiger partial charge on any atom is 0.326 e. The second-order valence-corrected chi connectivity index (χ2v) is 9.72. The zero-order valence-corrected chi connectivity index (χ0v) is 15.9. The number of hydrogen-bond donors (Lipinski definition) is 1. The number of nitrogens with zero attached hydrogens (tertiary/aromatic N) is 2. The van der Waals surface area contributed by atoms with E-state index in [9.17, 15) is 23.1 Å². The van der Waals surface area contributed by atoms with Crippen molar-refractivity contribution in [3.63, 3.8) is 0 Å². The molecule has 2 saturated heterocycles. The Labute approximate surface area is 159 Å². The quantitative estimate of drug-likeness (QED) is 0.850. The topological polar surface area (TPSA) is 95.0 Å². The highest BCUT2D eigenvalue weighted by atomic mass is 32.2. The number of carbonyl (C=O) groups is 2. The summed E-state index contributed by atoms with van der Waals surface area (Å²) in [5.74, 6) is -0.917. The third-order valence-corrected chi connectivity index (χ3v) is 7.96. The summed E-state index contributed by atoms with van der Waals surface area (Å²) in [4.78, 5) is 26.6. The Bertz CT molecular complexity index is 869. The summed E-state index contributed by atoms with van der Waals surface area (Å²) in [7, 11) is -3.33. The van der Waals surface area contributed by atoms with E-state index in [2.05, 4.69) is 0 Å². The molecule has 1 aromatic carbocycles. The zero-order chi connectivity index (χ0) is 19.2. The molecule has 0 radical (unpaired) electrons. The largest absolute Gasteiger partial charge is 0.480 e. The first-order chi connectivity index (χ1) is 12.9. The molecular weight excluding hydrogens is 368 g/mol. The lowest BCUT2D eigenvalue weighted by atomic mass is 9.84. The van der Waals surface area contributed by atoms with Gasteiger partial charge in [-0.25, -0.2) is 13.2 Å². The molecule has 1 aliphatic carbocycles. The molecule has 3 aliphatic rings. The van der Waals surface area contributed by atoms with Crippen LogP contribution < -0.4 is 4.31 Å². The standard InChI is InChI=1S/C19H24N2O5S/c22-18(21-16-8-2-1-5-13(16)12-17(21)19(23)24)14-6-3-7-15(11-14)20-9-4-10-27(20,25)26/h3,6-7,11,13,16-17H,1-2,4-5,8-10,12H2,(H,23,24)/t13-,16+,17+/m1/s1. The van der Waals surface area contributed by atoms with Crippen LogP contribution in [0, 0.1) is 5.92 Å². The van der Waals surface area contributed by atoms with Crippen LogP contribution in [0.4, 0.5) is 5.69 Å². The number of benzene rings is 1. The molecule has 4 rings (SSSR count). The van der Waals surface area contributed by atoms with Gasteiger partial charge in [0.25, 0.3) is 5.91 Å². The van der Waals surface area contributed by atoms with Crippen molar-refractivity contribution in [3.05, 3.63) is 29.8 Å². The van der Waals surface area contributed by atoms with E-state index >= 15 is 0 Å². The van der Waals surface area contributed by atoms with Crippen LogP contribution in [0.15, 0.2) is 24.3 Å². The van der Waals surface area contributed by atoms with E-state index in [-0.39, 0.29) is 23.6 Å². The van der Waals surface area contributed by atoms with Crippen molar-refractivity contribution in [2.24, 2.45) is 5.92 Å². The van der Waals surface area contributed by atoms with Gasteiger partial charge in [-0.2, -0.15) is 0 Å². The number of anilines is 1. The predicted octanol–water partition coefficient (Wildman–Crippen LogP) is 2.08. The van der Waals surface area contributed by atoms with Crippen molar-refractivity contribution < 1.29 is 23.1 Å². The number of carboxylic acids is 1. The highest BCUT2D eigenvalue weighted by Gasteiger charge is 2.47. The summed E-state index contributed by atoms with van der Waals surface area (Å²) in [6.07, 6.45) is 4.95. The number of carboxylic acid groups (broad SMARTS) is 1. The maximum absolute atomic E-state index is 13.2. The minimum absolute atomic E-state index is 0.0356. The third kappa shape index (κ3) is 3.20. The van der Waals surface area contributed by atoms with Crippen molar-refractivity contribution in [2.45, 2.75) is 50.6 Å². The molecule has 2 aliphatic heterocycles. The van der Waals surface area contributed by atoms with E-state index in [1.165, 1.54) is 4.31 Å². The first-order valence-corrected chi connectivity index (χ1v) is 11.2. The van der Waals surface area contributed by atoms with Crippen LogP contribution in [0.2, 0.25) is 0 Å². The van der Waals surface area contributed by atoms with E-state index in [0.717, 1.165) is 25.7 Å². The van der Waals surface area contributed by atoms with Gasteiger partial charge >= 0.3 is 5.97 Å². The molecule has 1 amide bonds. The molecule has 0 aromatic heterocycles. The number of rotatable bonds is 3. The van der Waals surface area contributed by atoms with Crippen LogP contribution in [0.5, 0.6) is 0 Å². The number of carbonyl (C=O) groups excluding carboxylic acids is 1. The molecular formula is C19H24N2O5S. The fraction of sp³-hybridized carbons (Fsp3) is 0.579. The molecule has 2 heterocycles. The summed E-state index contributed by atoms with van der Waals surface area (Å²) in [5.41, 5.74) is 0.830. The van der Waals surface area contributed by atoms with E-state index in [0.29, 0.717) is 30.6 Å². The Morgan fingerprint density at radius 1 is 1.11 bits per heavy atom. The van der Waals surface area contributed by atoms with Crippen LogP contribution in [0.25, 0.3) is 0 Å². The van der Waals surface area contributed by atoms with Gasteiger partial charge in [0, 0.05) is 18.2 Å². The molecule has 1 N–H and O–H groups in total. The molecule has 146 valence electrons. The molecule has 0 spiro atoms. The highest BCUT2D eigenvalue weighted by molar-refractivity contribution is 7.93. The Morgan fingerprint density at radius 2 is 1.89 bits per heavy atom. The summed E-state index contributed by atoms with van der Waals surface area (Å²) < 4.78 is 25.7. The molecule has 1 aromatic rings. The second kappa shape index (κ2) is 6.82. The van der Waals surface area contributed by atoms with Crippen LogP contribution in [-0.4, -0.2) is 54.7 Å². The number of fused-ring (bicyclic) bond motifs is 1. The van der Waals surface area contributed by atoms with Gasteiger partial charge in [0.05, 0.1) is 11.4 Å². The molecule has 0 bridgehead atoms. The number of sulfonamides is 1. The lowest BCUT2D eigenvalue weighted by Crippen LogP contribution is -2.46. The molecule has 27 heavy (non-hydrogen) atoms. The average molecular weight is 392 g/mol. The smallest absolute Gasteiger partial charge is 0.326 e. The molecule has 3 atom stereocenters. The van der Waals surface area contributed by atoms with Crippen LogP contribution in [-0.2, 0) is 14.8 Å². The average Bonchev–Trinajstić information content (AvgIpc) is 3.21. The van der Waals surface area contributed by atoms with Crippen LogP contribution in [0.1, 0.15) is 48.9 Å². The Kier molecular flexibility index (Phi) is 4.61. The van der Waals surface area contributed by atoms with Gasteiger partial charge in [0.15, 0.2) is 0 Å². The van der Waals surface area contributed by atoms with Gasteiger partial charge in [-0.3, -0.25) is 9.10 Å². The molecule has 1 saturated carbocycles. The van der Waals surface area contributed by atoms with E-state index in [1.54, 1.807) is 29.2 Å². The van der Waals surface area contributed by atoms with Crippen LogP contribution >= 0.6 is 0 Å². The molecule has 3 fully saturated rings. The first-order valence-electron chi connectivity index (χ1n) is 9.54. The Morgan fingerprint density at radius 3 is 2.59 bits per heavy atom. The predicted molar refractivity (Wildman–Crippen MR) is 100 cm³/mol. The van der Waals surface area contributed by atoms with E-state index in [1.807, 2.05) is 0 Å². The summed E-state index contributed by atoms with van der Waals surface area (Å²) in [6.45, 7) is 0.409. The zero-order valence-electron chi connectivity index (χ0n) is 15.1. The first kappa shape index (κ1) is 18.3. The van der Waals surface area contributed by atoms with Gasteiger partial charge < -0.3 is 10.0 Å². The number of hydrogen-bond acceptors (Lipinski definition) is 4. The molecule has 0 unspecified atom stereocenters. The van der Waals surface area contributed by atoms with Crippen molar-refractivity contribution in [2.75, 3.05) is 16.6 Å². The SMILES string of the molecule is O=C(O)[C@@H]1C[C@H]2CCCC[C@@H]2N1C(=O)c1cccc(N2CCCS2(=O)=O)c1. The third-order valence-electron chi connectivity index (χ3n) is 6.09. The minimum atomic E-state index is -3.33. The van der Waals surface area contributed by atoms with Crippen molar-refractivity contribution >= 4 is 27.6 Å². The van der Waals surface area contributed by atoms with Crippen molar-refractivity contribution in [3.8, 4) is 0 Å². The fourth-order valence-corrected chi connectivity index (χ4v) is 6.40. The van der Waals surface area contributed by atoms with Gasteiger partial charge in [-0.05, 0) is 49.8 Å². The molecule has 7 nitrogen and oxygen atoms in total. The summed E-state index contributed by atoms with van der Waals surface area (Å²) >= 11 is 0. The lowest BCUT2D eigenvalue weighted by molar-refractivity contribution is -0.141. The Balaban J connectivity index is 1.65. The number of amides is 1. The van der Waals surface area contributed by atoms with Gasteiger partial charge in [0.2, 0.25) is 10.0 Å². The summed E-state index contributed by atoms with van der Waals surface area (Å²) in [5, 5.41) is 9.64. The van der Waals surface area contributed by atoms with Crippen molar-refractivity contribution in [1.82, 2.24) is 4.90 Å². The van der Waals surface area contributed by atoms with Crippen LogP contribution in [0.3, 0.4) is 0 Å². The minimum Gasteiger partial charge on any atom is -0.480 e. The second-order valence-electron chi connectivity index (χ2n) is 7.71.